The number of fused-ring (bicyclic) bond motifs is 2. The van der Waals surface area contributed by atoms with Gasteiger partial charge in [0, 0.05) is 40.1 Å². The number of halogens is 1. The molecule has 0 radical (unpaired) electrons. The second kappa shape index (κ2) is 9.11. The van der Waals surface area contributed by atoms with E-state index in [1.807, 2.05) is 54.6 Å². The number of hydrogen-bond donors (Lipinski definition) is 1. The van der Waals surface area contributed by atoms with E-state index in [1.165, 1.54) is 12.1 Å². The maximum atomic E-state index is 13.9. The van der Waals surface area contributed by atoms with Gasteiger partial charge < -0.3 is 0 Å². The van der Waals surface area contributed by atoms with Crippen LogP contribution in [-0.2, 0) is 14.9 Å². The molecule has 4 aromatic rings. The lowest BCUT2D eigenvalue weighted by Crippen LogP contribution is -2.46. The van der Waals surface area contributed by atoms with Gasteiger partial charge in [-0.15, -0.1) is 0 Å². The van der Waals surface area contributed by atoms with Crippen molar-refractivity contribution in [1.82, 2.24) is 14.5 Å². The Morgan fingerprint density at radius 2 is 1.76 bits per heavy atom. The summed E-state index contributed by atoms with van der Waals surface area (Å²) in [6.45, 7) is 1.78. The maximum Gasteiger partial charge on any atom is 0.214 e. The Labute approximate surface area is 214 Å². The summed E-state index contributed by atoms with van der Waals surface area (Å²) in [7, 11) is -3.51. The van der Waals surface area contributed by atoms with Crippen LogP contribution in [0.2, 0.25) is 0 Å². The second-order valence-electron chi connectivity index (χ2n) is 9.49. The van der Waals surface area contributed by atoms with Crippen molar-refractivity contribution in [3.05, 3.63) is 102 Å². The van der Waals surface area contributed by atoms with Gasteiger partial charge in [0.1, 0.15) is 12.0 Å². The molecule has 2 heterocycles. The lowest BCUT2D eigenvalue weighted by atomic mass is 10.0. The smallest absolute Gasteiger partial charge is 0.214 e. The minimum atomic E-state index is -3.51. The van der Waals surface area contributed by atoms with Crippen LogP contribution in [0.1, 0.15) is 37.0 Å². The Morgan fingerprint density at radius 1 is 1.03 bits per heavy atom. The van der Waals surface area contributed by atoms with Crippen LogP contribution >= 0.6 is 0 Å². The first-order chi connectivity index (χ1) is 17.9. The van der Waals surface area contributed by atoms with Gasteiger partial charge in [0.2, 0.25) is 15.7 Å². The highest BCUT2D eigenvalue weighted by Gasteiger charge is 2.47. The molecule has 1 aliphatic carbocycles. The van der Waals surface area contributed by atoms with Crippen LogP contribution < -0.4 is 9.48 Å². The summed E-state index contributed by atoms with van der Waals surface area (Å²) in [5.41, 5.74) is 3.70. The van der Waals surface area contributed by atoms with E-state index in [1.54, 1.807) is 31.5 Å². The van der Waals surface area contributed by atoms with Gasteiger partial charge in [-0.2, -0.15) is 4.84 Å². The highest BCUT2D eigenvalue weighted by molar-refractivity contribution is 7.90. The maximum absolute atomic E-state index is 13.9. The van der Waals surface area contributed by atoms with Crippen LogP contribution in [0.4, 0.5) is 15.8 Å². The number of sulfonamides is 1. The van der Waals surface area contributed by atoms with Crippen molar-refractivity contribution in [2.75, 3.05) is 0 Å². The monoisotopic (exact) mass is 517 g/mol. The van der Waals surface area contributed by atoms with E-state index >= 15 is 0 Å². The second-order valence-corrected chi connectivity index (χ2v) is 11.5. The van der Waals surface area contributed by atoms with E-state index in [0.29, 0.717) is 24.1 Å². The molecule has 1 fully saturated rings. The van der Waals surface area contributed by atoms with E-state index in [9.17, 15) is 12.8 Å². The fourth-order valence-electron chi connectivity index (χ4n) is 4.72. The number of aromatic nitrogens is 1. The summed E-state index contributed by atoms with van der Waals surface area (Å²) in [6.07, 6.45) is 3.95. The lowest BCUT2D eigenvalue weighted by molar-refractivity contribution is -0.157. The van der Waals surface area contributed by atoms with Gasteiger partial charge in [-0.3, -0.25) is 4.98 Å². The number of benzene rings is 3. The molecule has 0 spiro atoms. The van der Waals surface area contributed by atoms with E-state index in [-0.39, 0.29) is 11.1 Å². The molecule has 1 unspecified atom stereocenters. The molecule has 0 amide bonds. The normalized spacial score (nSPS) is 20.6. The fourth-order valence-corrected chi connectivity index (χ4v) is 6.31. The van der Waals surface area contributed by atoms with Gasteiger partial charge in [-0.05, 0) is 55.2 Å². The van der Waals surface area contributed by atoms with Crippen molar-refractivity contribution in [3.63, 3.8) is 0 Å². The van der Waals surface area contributed by atoms with Gasteiger partial charge >= 0.3 is 0 Å². The molecule has 1 aromatic heterocycles. The molecule has 3 atom stereocenters. The topological polar surface area (TPSA) is 80.7 Å². The van der Waals surface area contributed by atoms with Crippen LogP contribution in [0.15, 0.2) is 90.2 Å². The molecular formula is C28H26FN4O3S+. The number of pyridine rings is 1. The molecule has 0 bridgehead atoms. The van der Waals surface area contributed by atoms with Crippen molar-refractivity contribution >= 4 is 38.5 Å². The Kier molecular flexibility index (Phi) is 5.88. The largest absolute Gasteiger partial charge is 0.256 e. The summed E-state index contributed by atoms with van der Waals surface area (Å²) < 4.78 is 42.2. The molecule has 1 saturated carbocycles. The molecule has 7 nitrogen and oxygen atoms in total. The summed E-state index contributed by atoms with van der Waals surface area (Å²) >= 11 is 0. The van der Waals surface area contributed by atoms with Gasteiger partial charge in [0.25, 0.3) is 0 Å². The molecule has 1 aliphatic heterocycles. The zero-order valence-corrected chi connectivity index (χ0v) is 21.0. The molecule has 6 rings (SSSR count). The molecule has 0 saturated heterocycles. The van der Waals surface area contributed by atoms with Crippen LogP contribution in [0.5, 0.6) is 0 Å². The average molecular weight is 518 g/mol. The number of quaternary nitrogens is 1. The minimum Gasteiger partial charge on any atom is -0.256 e. The summed E-state index contributed by atoms with van der Waals surface area (Å²) in [5.74, 6) is -0.376. The molecular weight excluding hydrogens is 491 g/mol. The third kappa shape index (κ3) is 4.44. The van der Waals surface area contributed by atoms with E-state index in [2.05, 4.69) is 9.71 Å². The van der Waals surface area contributed by atoms with E-state index < -0.39 is 26.9 Å². The first kappa shape index (κ1) is 23.9. The zero-order chi connectivity index (χ0) is 25.6. The predicted octanol–water partition coefficient (Wildman–Crippen LogP) is 5.50. The summed E-state index contributed by atoms with van der Waals surface area (Å²) in [5, 5.41) is 5.29. The zero-order valence-electron chi connectivity index (χ0n) is 20.2. The van der Waals surface area contributed by atoms with Crippen LogP contribution in [-0.4, -0.2) is 30.9 Å². The number of hydrogen-bond acceptors (Lipinski definition) is 5. The van der Waals surface area contributed by atoms with Gasteiger partial charge in [-0.25, -0.2) is 17.5 Å². The Morgan fingerprint density at radius 3 is 2.54 bits per heavy atom. The number of para-hydroxylation sites is 2. The van der Waals surface area contributed by atoms with Crippen molar-refractivity contribution < 1.29 is 17.6 Å². The third-order valence-electron chi connectivity index (χ3n) is 6.77. The Hall–Kier alpha value is -3.50. The Balaban J connectivity index is 1.48. The fraction of sp³-hybridized carbons (Fsp3) is 0.214. The van der Waals surface area contributed by atoms with Gasteiger partial charge in [0.05, 0.1) is 22.4 Å². The highest BCUT2D eigenvalue weighted by Crippen LogP contribution is 2.45. The molecule has 9 heteroatoms. The molecule has 3 aromatic carbocycles. The number of nitrogens with one attached hydrogen (secondary N) is 1. The minimum absolute atomic E-state index is 0.376. The molecule has 188 valence electrons. The lowest BCUT2D eigenvalue weighted by Gasteiger charge is -2.32. The Bertz CT molecular complexity index is 1610. The summed E-state index contributed by atoms with van der Waals surface area (Å²) in [4.78, 5) is 11.4. The third-order valence-corrected chi connectivity index (χ3v) is 8.82. The van der Waals surface area contributed by atoms with Gasteiger partial charge in [-0.1, -0.05) is 30.3 Å². The highest BCUT2D eigenvalue weighted by atomic mass is 32.2. The molecule has 37 heavy (non-hydrogen) atoms. The first-order valence-corrected chi connectivity index (χ1v) is 13.7. The van der Waals surface area contributed by atoms with Crippen molar-refractivity contribution in [3.8, 4) is 0 Å². The first-order valence-electron chi connectivity index (χ1n) is 12.2. The van der Waals surface area contributed by atoms with Crippen molar-refractivity contribution in [1.29, 1.82) is 0 Å². The molecule has 1 N–H and O–H groups in total. The van der Waals surface area contributed by atoms with Crippen LogP contribution in [0.25, 0.3) is 10.9 Å². The summed E-state index contributed by atoms with van der Waals surface area (Å²) in [6, 6.07) is 22.6. The predicted molar refractivity (Wildman–Crippen MR) is 142 cm³/mol. The number of nitrogens with zero attached hydrogens (tertiary/aromatic N) is 3. The standard InChI is InChI=1S/C28H26FN4O3S/c1-19(32-37(34,35)25-14-15-25)28(22-16-20-6-2-4-8-26(20)30-17-22)36-33(24-12-10-23(29)11-13-24)27-9-5-3-7-21(27)18-31-33/h2-13,16-19,25,28,32H,14-15H2,1H3/q+1/t19-,28-,33?/m0/s1. The van der Waals surface area contributed by atoms with E-state index in [0.717, 1.165) is 22.2 Å². The van der Waals surface area contributed by atoms with Crippen molar-refractivity contribution in [2.45, 2.75) is 37.2 Å². The van der Waals surface area contributed by atoms with Crippen molar-refractivity contribution in [2.24, 2.45) is 5.10 Å². The molecule has 2 aliphatic rings. The number of rotatable bonds is 8. The average Bonchev–Trinajstić information content (AvgIpc) is 3.71. The quantitative estimate of drug-likeness (QED) is 0.313. The van der Waals surface area contributed by atoms with E-state index in [4.69, 9.17) is 9.94 Å². The van der Waals surface area contributed by atoms with Gasteiger partial charge in [0.15, 0.2) is 11.8 Å². The van der Waals surface area contributed by atoms with Crippen LogP contribution in [0.3, 0.4) is 0 Å². The van der Waals surface area contributed by atoms with Crippen LogP contribution in [0, 0.1) is 5.82 Å². The SMILES string of the molecule is C[C@H](NS(=O)(=O)C1CC1)[C@H](O[N+]1(c2ccc(F)cc2)N=Cc2ccccc21)c1cnc2ccccc2c1.